The van der Waals surface area contributed by atoms with Crippen molar-refractivity contribution in [1.29, 1.82) is 0 Å². The minimum absolute atomic E-state index is 0.190. The van der Waals surface area contributed by atoms with Gasteiger partial charge in [-0.1, -0.05) is 78.9 Å². The van der Waals surface area contributed by atoms with Gasteiger partial charge in [-0.25, -0.2) is 0 Å². The number of carbonyl (C=O) groups excluding carboxylic acids is 1. The molecule has 0 unspecified atom stereocenters. The van der Waals surface area contributed by atoms with E-state index in [-0.39, 0.29) is 5.91 Å². The Morgan fingerprint density at radius 1 is 0.900 bits per heavy atom. The standard InChI is InChI=1S/C24H21N5O/c1-19-25-26-27-29(19)23(17-20-11-5-2-6-12-20)24(30)28(22-15-9-4-10-16-22)18-21-13-7-3-8-14-21/h2-17H,18H2,1H3/b23-17+. The van der Waals surface area contributed by atoms with E-state index in [9.17, 15) is 4.79 Å². The number of tetrazole rings is 1. The molecule has 0 atom stereocenters. The lowest BCUT2D eigenvalue weighted by Crippen LogP contribution is -2.33. The number of hydrogen-bond acceptors (Lipinski definition) is 4. The van der Waals surface area contributed by atoms with Crippen LogP contribution in [0.3, 0.4) is 0 Å². The summed E-state index contributed by atoms with van der Waals surface area (Å²) in [5, 5.41) is 11.8. The highest BCUT2D eigenvalue weighted by atomic mass is 16.2. The second-order valence-corrected chi connectivity index (χ2v) is 6.79. The van der Waals surface area contributed by atoms with Crippen molar-refractivity contribution in [2.45, 2.75) is 13.5 Å². The number of para-hydroxylation sites is 1. The van der Waals surface area contributed by atoms with E-state index in [1.165, 1.54) is 4.68 Å². The molecule has 1 aromatic heterocycles. The maximum atomic E-state index is 13.8. The van der Waals surface area contributed by atoms with Gasteiger partial charge in [0, 0.05) is 5.69 Å². The fourth-order valence-corrected chi connectivity index (χ4v) is 3.17. The zero-order valence-corrected chi connectivity index (χ0v) is 16.6. The smallest absolute Gasteiger partial charge is 0.277 e. The molecule has 1 heterocycles. The summed E-state index contributed by atoms with van der Waals surface area (Å²) in [6.45, 7) is 2.20. The maximum absolute atomic E-state index is 13.8. The molecule has 3 aromatic carbocycles. The summed E-state index contributed by atoms with van der Waals surface area (Å²) in [7, 11) is 0. The van der Waals surface area contributed by atoms with Crippen molar-refractivity contribution in [3.63, 3.8) is 0 Å². The normalized spacial score (nSPS) is 11.3. The first-order valence-corrected chi connectivity index (χ1v) is 9.65. The molecule has 30 heavy (non-hydrogen) atoms. The molecule has 4 aromatic rings. The Balaban J connectivity index is 1.80. The van der Waals surface area contributed by atoms with Crippen molar-refractivity contribution in [1.82, 2.24) is 20.2 Å². The highest BCUT2D eigenvalue weighted by molar-refractivity contribution is 6.25. The molecule has 0 radical (unpaired) electrons. The van der Waals surface area contributed by atoms with Gasteiger partial charge in [-0.2, -0.15) is 4.68 Å². The third kappa shape index (κ3) is 4.33. The number of carbonyl (C=O) groups is 1. The summed E-state index contributed by atoms with van der Waals surface area (Å²) >= 11 is 0. The van der Waals surface area contributed by atoms with Crippen molar-refractivity contribution in [2.24, 2.45) is 0 Å². The van der Waals surface area contributed by atoms with Crippen molar-refractivity contribution < 1.29 is 4.79 Å². The monoisotopic (exact) mass is 395 g/mol. The summed E-state index contributed by atoms with van der Waals surface area (Å²) in [6.07, 6.45) is 1.81. The first-order chi connectivity index (χ1) is 14.7. The number of aromatic nitrogens is 4. The molecule has 0 saturated heterocycles. The molecule has 0 aliphatic heterocycles. The SMILES string of the molecule is Cc1nnnn1/C(=C/c1ccccc1)C(=O)N(Cc1ccccc1)c1ccccc1. The van der Waals surface area contributed by atoms with E-state index in [1.807, 2.05) is 97.1 Å². The summed E-state index contributed by atoms with van der Waals surface area (Å²) in [5.74, 6) is 0.350. The van der Waals surface area contributed by atoms with Crippen LogP contribution < -0.4 is 4.90 Å². The van der Waals surface area contributed by atoms with Crippen LogP contribution in [-0.2, 0) is 11.3 Å². The number of rotatable bonds is 6. The molecule has 0 N–H and O–H groups in total. The average Bonchev–Trinajstić information content (AvgIpc) is 3.23. The predicted octanol–water partition coefficient (Wildman–Crippen LogP) is 4.21. The molecule has 0 bridgehead atoms. The van der Waals surface area contributed by atoms with E-state index in [2.05, 4.69) is 15.5 Å². The summed E-state index contributed by atoms with van der Waals surface area (Å²) in [4.78, 5) is 15.6. The number of anilines is 1. The Kier molecular flexibility index (Phi) is 5.75. The number of benzene rings is 3. The molecule has 0 spiro atoms. The Hall–Kier alpha value is -4.06. The number of nitrogens with zero attached hydrogens (tertiary/aromatic N) is 5. The molecule has 0 aliphatic rings. The van der Waals surface area contributed by atoms with E-state index in [0.29, 0.717) is 18.1 Å². The predicted molar refractivity (Wildman–Crippen MR) is 117 cm³/mol. The van der Waals surface area contributed by atoms with Gasteiger partial charge in [-0.3, -0.25) is 4.79 Å². The summed E-state index contributed by atoms with van der Waals surface area (Å²) in [5.41, 5.74) is 3.10. The highest BCUT2D eigenvalue weighted by Gasteiger charge is 2.24. The number of amides is 1. The van der Waals surface area contributed by atoms with E-state index in [4.69, 9.17) is 0 Å². The Bertz CT molecular complexity index is 1140. The van der Waals surface area contributed by atoms with Crippen LogP contribution in [0.1, 0.15) is 17.0 Å². The lowest BCUT2D eigenvalue weighted by atomic mass is 10.1. The molecule has 6 nitrogen and oxygen atoms in total. The third-order valence-electron chi connectivity index (χ3n) is 4.67. The third-order valence-corrected chi connectivity index (χ3v) is 4.67. The van der Waals surface area contributed by atoms with E-state index >= 15 is 0 Å². The zero-order valence-electron chi connectivity index (χ0n) is 16.6. The quantitative estimate of drug-likeness (QED) is 0.459. The Morgan fingerprint density at radius 2 is 1.50 bits per heavy atom. The largest absolute Gasteiger partial charge is 0.303 e. The molecule has 4 rings (SSSR count). The second kappa shape index (κ2) is 8.96. The lowest BCUT2D eigenvalue weighted by Gasteiger charge is -2.24. The molecule has 0 fully saturated rings. The molecular weight excluding hydrogens is 374 g/mol. The number of hydrogen-bond donors (Lipinski definition) is 0. The minimum Gasteiger partial charge on any atom is -0.303 e. The highest BCUT2D eigenvalue weighted by Crippen LogP contribution is 2.23. The van der Waals surface area contributed by atoms with Gasteiger partial charge in [0.2, 0.25) is 0 Å². The summed E-state index contributed by atoms with van der Waals surface area (Å²) < 4.78 is 1.48. The first-order valence-electron chi connectivity index (χ1n) is 9.65. The molecule has 0 aliphatic carbocycles. The van der Waals surface area contributed by atoms with E-state index < -0.39 is 0 Å². The van der Waals surface area contributed by atoms with Crippen LogP contribution in [0.5, 0.6) is 0 Å². The molecule has 148 valence electrons. The van der Waals surface area contributed by atoms with Gasteiger partial charge in [-0.05, 0) is 46.7 Å². The van der Waals surface area contributed by atoms with E-state index in [0.717, 1.165) is 16.8 Å². The van der Waals surface area contributed by atoms with Crippen LogP contribution in [-0.4, -0.2) is 26.1 Å². The van der Waals surface area contributed by atoms with Crippen molar-refractivity contribution in [3.05, 3.63) is 108 Å². The molecule has 0 saturated carbocycles. The van der Waals surface area contributed by atoms with Crippen LogP contribution in [0.2, 0.25) is 0 Å². The van der Waals surface area contributed by atoms with Gasteiger partial charge in [0.1, 0.15) is 5.70 Å². The van der Waals surface area contributed by atoms with Gasteiger partial charge >= 0.3 is 0 Å². The van der Waals surface area contributed by atoms with Crippen LogP contribution in [0.4, 0.5) is 5.69 Å². The van der Waals surface area contributed by atoms with Crippen LogP contribution >= 0.6 is 0 Å². The van der Waals surface area contributed by atoms with Gasteiger partial charge < -0.3 is 4.90 Å². The Labute approximate surface area is 175 Å². The van der Waals surface area contributed by atoms with Crippen molar-refractivity contribution in [2.75, 3.05) is 4.90 Å². The van der Waals surface area contributed by atoms with Crippen molar-refractivity contribution >= 4 is 23.4 Å². The van der Waals surface area contributed by atoms with Gasteiger partial charge in [0.25, 0.3) is 5.91 Å². The van der Waals surface area contributed by atoms with E-state index in [1.54, 1.807) is 11.8 Å². The Morgan fingerprint density at radius 3 is 2.10 bits per heavy atom. The van der Waals surface area contributed by atoms with Crippen LogP contribution in [0.25, 0.3) is 11.8 Å². The number of aryl methyl sites for hydroxylation is 1. The zero-order chi connectivity index (χ0) is 20.8. The fourth-order valence-electron chi connectivity index (χ4n) is 3.17. The molecular formula is C24H21N5O. The fraction of sp³-hybridized carbons (Fsp3) is 0.0833. The average molecular weight is 395 g/mol. The van der Waals surface area contributed by atoms with Crippen molar-refractivity contribution in [3.8, 4) is 0 Å². The maximum Gasteiger partial charge on any atom is 0.277 e. The molecule has 6 heteroatoms. The minimum atomic E-state index is -0.190. The second-order valence-electron chi connectivity index (χ2n) is 6.79. The summed E-state index contributed by atoms with van der Waals surface area (Å²) in [6, 6.07) is 29.2. The first kappa shape index (κ1) is 19.3. The van der Waals surface area contributed by atoms with Gasteiger partial charge in [0.05, 0.1) is 6.54 Å². The van der Waals surface area contributed by atoms with Crippen LogP contribution in [0.15, 0.2) is 91.0 Å². The van der Waals surface area contributed by atoms with Gasteiger partial charge in [-0.15, -0.1) is 5.10 Å². The molecule has 1 amide bonds. The van der Waals surface area contributed by atoms with Gasteiger partial charge in [0.15, 0.2) is 5.82 Å². The van der Waals surface area contributed by atoms with Crippen LogP contribution in [0, 0.1) is 6.92 Å². The topological polar surface area (TPSA) is 63.9 Å². The lowest BCUT2D eigenvalue weighted by molar-refractivity contribution is -0.113.